The van der Waals surface area contributed by atoms with Gasteiger partial charge in [0.25, 0.3) is 17.7 Å². The summed E-state index contributed by atoms with van der Waals surface area (Å²) < 4.78 is 46.3. The third-order valence-corrected chi connectivity index (χ3v) is 9.63. The molecule has 1 atom stereocenters. The van der Waals surface area contributed by atoms with Crippen LogP contribution in [-0.2, 0) is 22.1 Å². The van der Waals surface area contributed by atoms with Crippen LogP contribution in [0.2, 0.25) is 0 Å². The number of halogens is 3. The van der Waals surface area contributed by atoms with Gasteiger partial charge in [-0.3, -0.25) is 14.4 Å². The maximum atomic E-state index is 14.0. The molecule has 2 saturated heterocycles. The summed E-state index contributed by atoms with van der Waals surface area (Å²) in [6, 6.07) is 26.4. The van der Waals surface area contributed by atoms with Gasteiger partial charge >= 0.3 is 6.18 Å². The number of nitrogens with one attached hydrogen (secondary N) is 1. The molecule has 4 aromatic rings. The second-order valence-electron chi connectivity index (χ2n) is 13.0. The van der Waals surface area contributed by atoms with Gasteiger partial charge in [-0.1, -0.05) is 54.6 Å². The highest BCUT2D eigenvalue weighted by Crippen LogP contribution is 2.37. The zero-order valence-electron chi connectivity index (χ0n) is 27.9. The number of morpholine rings is 1. The van der Waals surface area contributed by atoms with Crippen molar-refractivity contribution >= 4 is 29.1 Å². The first-order chi connectivity index (χ1) is 24.4. The first-order valence-electron chi connectivity index (χ1n) is 16.8. The Morgan fingerprint density at radius 1 is 0.765 bits per heavy atom. The first kappa shape index (κ1) is 35.6. The van der Waals surface area contributed by atoms with Crippen molar-refractivity contribution in [3.05, 3.63) is 119 Å². The number of anilines is 2. The Morgan fingerprint density at radius 3 is 2.06 bits per heavy atom. The lowest BCUT2D eigenvalue weighted by atomic mass is 9.75. The summed E-state index contributed by atoms with van der Waals surface area (Å²) in [6.07, 6.45) is -4.34. The highest BCUT2D eigenvalue weighted by atomic mass is 19.4. The quantitative estimate of drug-likeness (QED) is 0.197. The summed E-state index contributed by atoms with van der Waals surface area (Å²) in [5, 5.41) is 14.9. The van der Waals surface area contributed by atoms with Gasteiger partial charge in [-0.15, -0.1) is 0 Å². The van der Waals surface area contributed by atoms with E-state index in [9.17, 15) is 32.7 Å². The Morgan fingerprint density at radius 2 is 1.37 bits per heavy atom. The molecule has 2 heterocycles. The number of aliphatic hydroxyl groups is 1. The monoisotopic (exact) mass is 700 g/mol. The number of carbonyl (C=O) groups excluding carboxylic acids is 3. The summed E-state index contributed by atoms with van der Waals surface area (Å²) in [4.78, 5) is 43.8. The van der Waals surface area contributed by atoms with Crippen LogP contribution in [0, 0.1) is 5.92 Å². The van der Waals surface area contributed by atoms with E-state index >= 15 is 0 Å². The number of alkyl halides is 3. The summed E-state index contributed by atoms with van der Waals surface area (Å²) in [5.41, 5.74) is 4.94. The lowest BCUT2D eigenvalue weighted by Crippen LogP contribution is -2.54. The molecule has 4 aromatic carbocycles. The van der Waals surface area contributed by atoms with E-state index in [1.807, 2.05) is 24.3 Å². The smallest absolute Gasteiger partial charge is 0.398 e. The molecule has 51 heavy (non-hydrogen) atoms. The van der Waals surface area contributed by atoms with Gasteiger partial charge in [-0.05, 0) is 72.0 Å². The van der Waals surface area contributed by atoms with Gasteiger partial charge in [-0.25, -0.2) is 0 Å². The molecule has 0 aliphatic carbocycles. The molecule has 4 N–H and O–H groups in total. The molecule has 6 rings (SSSR count). The molecule has 0 saturated carbocycles. The van der Waals surface area contributed by atoms with Crippen molar-refractivity contribution in [2.24, 2.45) is 5.92 Å². The third-order valence-electron chi connectivity index (χ3n) is 9.63. The van der Waals surface area contributed by atoms with E-state index in [0.717, 1.165) is 23.3 Å². The number of benzene rings is 4. The highest BCUT2D eigenvalue weighted by molar-refractivity contribution is 5.98. The SMILES string of the molecule is Nc1ccc(NC(=O)C(O)(Cc2cccc(-c3cccc(C(=O)N4CCOCC4)c3)c2)C2CCN(C(=O)c3ccccc3)CC2)cc1C(F)(F)F. The summed E-state index contributed by atoms with van der Waals surface area (Å²) in [6.45, 7) is 2.53. The fraction of sp³-hybridized carbons (Fsp3) is 0.308. The number of nitrogens with two attached hydrogens (primary N) is 1. The minimum atomic E-state index is -4.75. The molecule has 0 aromatic heterocycles. The summed E-state index contributed by atoms with van der Waals surface area (Å²) in [7, 11) is 0. The number of ether oxygens (including phenoxy) is 1. The van der Waals surface area contributed by atoms with Gasteiger partial charge in [0.1, 0.15) is 5.60 Å². The maximum absolute atomic E-state index is 14.0. The van der Waals surface area contributed by atoms with Crippen LogP contribution in [0.3, 0.4) is 0 Å². The fourth-order valence-corrected chi connectivity index (χ4v) is 6.81. The number of hydrogen-bond acceptors (Lipinski definition) is 6. The molecular weight excluding hydrogens is 661 g/mol. The molecule has 1 unspecified atom stereocenters. The predicted octanol–water partition coefficient (Wildman–Crippen LogP) is 5.89. The maximum Gasteiger partial charge on any atom is 0.418 e. The lowest BCUT2D eigenvalue weighted by Gasteiger charge is -2.40. The number of nitrogens with zero attached hydrogens (tertiary/aromatic N) is 2. The van der Waals surface area contributed by atoms with Crippen LogP contribution in [0.1, 0.15) is 44.7 Å². The number of piperidine rings is 1. The summed E-state index contributed by atoms with van der Waals surface area (Å²) in [5.74, 6) is -1.76. The predicted molar refractivity (Wildman–Crippen MR) is 187 cm³/mol. The number of hydrogen-bond donors (Lipinski definition) is 3. The third kappa shape index (κ3) is 8.08. The van der Waals surface area contributed by atoms with Crippen molar-refractivity contribution in [2.75, 3.05) is 50.4 Å². The van der Waals surface area contributed by atoms with Gasteiger partial charge in [0, 0.05) is 61.0 Å². The van der Waals surface area contributed by atoms with Gasteiger partial charge < -0.3 is 30.7 Å². The Bertz CT molecular complexity index is 1890. The first-order valence-corrected chi connectivity index (χ1v) is 16.8. The number of likely N-dealkylation sites (tertiary alicyclic amines) is 1. The molecule has 0 spiro atoms. The van der Waals surface area contributed by atoms with Gasteiger partial charge in [0.15, 0.2) is 0 Å². The van der Waals surface area contributed by atoms with Crippen LogP contribution in [0.25, 0.3) is 11.1 Å². The Hall–Kier alpha value is -5.20. The number of carbonyl (C=O) groups is 3. The van der Waals surface area contributed by atoms with E-state index in [1.165, 1.54) is 6.07 Å². The van der Waals surface area contributed by atoms with E-state index in [0.29, 0.717) is 43.0 Å². The molecule has 12 heteroatoms. The highest BCUT2D eigenvalue weighted by Gasteiger charge is 2.46. The van der Waals surface area contributed by atoms with Crippen LogP contribution in [0.4, 0.5) is 24.5 Å². The lowest BCUT2D eigenvalue weighted by molar-refractivity contribution is -0.142. The summed E-state index contributed by atoms with van der Waals surface area (Å²) >= 11 is 0. The van der Waals surface area contributed by atoms with Crippen molar-refractivity contribution < 1.29 is 37.4 Å². The van der Waals surface area contributed by atoms with Crippen molar-refractivity contribution in [1.29, 1.82) is 0 Å². The van der Waals surface area contributed by atoms with E-state index in [2.05, 4.69) is 5.32 Å². The minimum absolute atomic E-state index is 0.101. The second-order valence-corrected chi connectivity index (χ2v) is 13.0. The molecule has 0 radical (unpaired) electrons. The molecule has 0 bridgehead atoms. The molecule has 2 aliphatic rings. The van der Waals surface area contributed by atoms with Gasteiger partial charge in [-0.2, -0.15) is 13.2 Å². The van der Waals surface area contributed by atoms with E-state index in [4.69, 9.17) is 10.5 Å². The molecule has 9 nitrogen and oxygen atoms in total. The number of rotatable bonds is 8. The zero-order chi connectivity index (χ0) is 36.2. The Balaban J connectivity index is 1.27. The molecule has 266 valence electrons. The Labute approximate surface area is 293 Å². The van der Waals surface area contributed by atoms with Crippen LogP contribution in [0.15, 0.2) is 97.1 Å². The van der Waals surface area contributed by atoms with Crippen molar-refractivity contribution in [1.82, 2.24) is 9.80 Å². The van der Waals surface area contributed by atoms with Crippen LogP contribution in [-0.4, -0.2) is 77.6 Å². The fourth-order valence-electron chi connectivity index (χ4n) is 6.81. The molecule has 2 aliphatic heterocycles. The molecular formula is C39H39F3N4O5. The van der Waals surface area contributed by atoms with E-state index in [-0.39, 0.29) is 49.9 Å². The van der Waals surface area contributed by atoms with Gasteiger partial charge in [0.05, 0.1) is 18.8 Å². The second kappa shape index (κ2) is 15.0. The van der Waals surface area contributed by atoms with Crippen LogP contribution in [0.5, 0.6) is 0 Å². The van der Waals surface area contributed by atoms with Crippen molar-refractivity contribution in [3.8, 4) is 11.1 Å². The molecule has 3 amide bonds. The zero-order valence-corrected chi connectivity index (χ0v) is 27.9. The van der Waals surface area contributed by atoms with Crippen molar-refractivity contribution in [3.63, 3.8) is 0 Å². The number of nitrogen functional groups attached to an aromatic ring is 1. The van der Waals surface area contributed by atoms with Crippen molar-refractivity contribution in [2.45, 2.75) is 31.0 Å². The van der Waals surface area contributed by atoms with E-state index < -0.39 is 34.9 Å². The average molecular weight is 701 g/mol. The van der Waals surface area contributed by atoms with E-state index in [1.54, 1.807) is 64.4 Å². The van der Waals surface area contributed by atoms with Crippen LogP contribution < -0.4 is 11.1 Å². The Kier molecular flexibility index (Phi) is 10.4. The average Bonchev–Trinajstić information content (AvgIpc) is 3.15. The topological polar surface area (TPSA) is 125 Å². The standard InChI is InChI=1S/C39H39F3N4O5/c40-39(41,42)33-24-32(12-13-34(33)43)44-37(49)38(50,31-14-16-45(17-15-31)35(47)27-7-2-1-3-8-27)25-26-6-4-9-28(22-26)29-10-5-11-30(23-29)36(48)46-18-20-51-21-19-46/h1-13,22-24,31,50H,14-21,25,43H2,(H,44,49). The largest absolute Gasteiger partial charge is 0.418 e. The van der Waals surface area contributed by atoms with Crippen LogP contribution >= 0.6 is 0 Å². The minimum Gasteiger partial charge on any atom is -0.398 e. The normalized spacial score (nSPS) is 16.7. The van der Waals surface area contributed by atoms with Gasteiger partial charge in [0.2, 0.25) is 0 Å². The number of amides is 3. The molecule has 2 fully saturated rings.